The van der Waals surface area contributed by atoms with Crippen LogP contribution in [0.15, 0.2) is 47.4 Å². The Hall–Kier alpha value is -2.87. The van der Waals surface area contributed by atoms with Crippen molar-refractivity contribution in [2.75, 3.05) is 9.62 Å². The Morgan fingerprint density at radius 3 is 2.71 bits per heavy atom. The summed E-state index contributed by atoms with van der Waals surface area (Å²) in [6, 6.07) is 12.4. The number of aromatic nitrogens is 2. The number of aryl methyl sites for hydroxylation is 1. The monoisotopic (exact) mass is 398 g/mol. The van der Waals surface area contributed by atoms with Gasteiger partial charge in [-0.1, -0.05) is 12.1 Å². The van der Waals surface area contributed by atoms with Gasteiger partial charge in [0.15, 0.2) is 0 Å². The molecule has 146 valence electrons. The molecule has 2 heterocycles. The van der Waals surface area contributed by atoms with E-state index in [1.165, 1.54) is 13.0 Å². The van der Waals surface area contributed by atoms with Crippen molar-refractivity contribution in [2.45, 2.75) is 44.7 Å². The van der Waals surface area contributed by atoms with Crippen molar-refractivity contribution in [3.8, 4) is 0 Å². The van der Waals surface area contributed by atoms with Gasteiger partial charge in [0, 0.05) is 25.2 Å². The van der Waals surface area contributed by atoms with Gasteiger partial charge in [0.1, 0.15) is 0 Å². The maximum Gasteiger partial charge on any atom is 0.264 e. The van der Waals surface area contributed by atoms with Crippen LogP contribution in [-0.4, -0.2) is 29.9 Å². The first-order valence-electron chi connectivity index (χ1n) is 9.22. The molecule has 1 aliphatic rings. The van der Waals surface area contributed by atoms with E-state index in [9.17, 15) is 13.2 Å². The molecule has 0 aliphatic carbocycles. The van der Waals surface area contributed by atoms with E-state index >= 15 is 0 Å². The molecule has 1 unspecified atom stereocenters. The molecule has 3 aromatic rings. The predicted molar refractivity (Wildman–Crippen MR) is 109 cm³/mol. The van der Waals surface area contributed by atoms with Gasteiger partial charge in [0.05, 0.1) is 15.9 Å². The zero-order chi connectivity index (χ0) is 20.1. The summed E-state index contributed by atoms with van der Waals surface area (Å²) in [6.07, 6.45) is 0.631. The molecule has 7 nitrogen and oxygen atoms in total. The summed E-state index contributed by atoms with van der Waals surface area (Å²) in [5.74, 6) is 0.250. The number of para-hydroxylation sites is 2. The summed E-state index contributed by atoms with van der Waals surface area (Å²) in [5, 5.41) is 0. The number of nitrogens with zero attached hydrogens (tertiary/aromatic N) is 3. The number of anilines is 2. The Kier molecular flexibility index (Phi) is 4.38. The summed E-state index contributed by atoms with van der Waals surface area (Å²) in [5.41, 5.74) is 3.25. The maximum atomic E-state index is 13.0. The Morgan fingerprint density at radius 2 is 2.00 bits per heavy atom. The molecule has 2 aromatic carbocycles. The quantitative estimate of drug-likeness (QED) is 0.732. The number of sulfonamides is 1. The van der Waals surface area contributed by atoms with E-state index in [2.05, 4.69) is 9.71 Å². The average molecular weight is 398 g/mol. The maximum absolute atomic E-state index is 13.0. The van der Waals surface area contributed by atoms with E-state index in [4.69, 9.17) is 0 Å². The van der Waals surface area contributed by atoms with E-state index in [-0.39, 0.29) is 16.8 Å². The van der Waals surface area contributed by atoms with Crippen molar-refractivity contribution < 1.29 is 13.2 Å². The van der Waals surface area contributed by atoms with Crippen molar-refractivity contribution in [3.63, 3.8) is 0 Å². The van der Waals surface area contributed by atoms with Gasteiger partial charge in [0.25, 0.3) is 10.0 Å². The minimum atomic E-state index is -3.81. The van der Waals surface area contributed by atoms with Crippen molar-refractivity contribution in [1.82, 2.24) is 9.55 Å². The number of carbonyl (C=O) groups is 1. The lowest BCUT2D eigenvalue weighted by molar-refractivity contribution is -0.116. The number of carbonyl (C=O) groups excluding carboxylic acids is 1. The molecule has 1 amide bonds. The first kappa shape index (κ1) is 18.5. The number of rotatable bonds is 4. The molecule has 8 heteroatoms. The number of benzene rings is 2. The molecule has 0 saturated carbocycles. The Morgan fingerprint density at radius 1 is 1.25 bits per heavy atom. The van der Waals surface area contributed by atoms with Crippen LogP contribution in [-0.2, 0) is 27.8 Å². The fraction of sp³-hybridized carbons (Fsp3) is 0.300. The van der Waals surface area contributed by atoms with Crippen molar-refractivity contribution in [2.24, 2.45) is 0 Å². The largest absolute Gasteiger partial charge is 0.310 e. The van der Waals surface area contributed by atoms with Crippen molar-refractivity contribution in [1.29, 1.82) is 0 Å². The van der Waals surface area contributed by atoms with E-state index in [1.807, 2.05) is 42.7 Å². The number of nitrogens with one attached hydrogen (secondary N) is 1. The SMILES string of the molecule is CCn1c(NS(=O)(=O)c2ccc3c(c2)CC(C)N3C(C)=O)nc2ccccc21. The number of amides is 1. The standard InChI is InChI=1S/C20H22N4O3S/c1-4-23-19-8-6-5-7-17(19)21-20(23)22-28(26,27)16-9-10-18-15(12-16)11-13(2)24(18)14(3)25/h5-10,12-13H,4,11H2,1-3H3,(H,21,22). The zero-order valence-corrected chi connectivity index (χ0v) is 16.8. The second-order valence-electron chi connectivity index (χ2n) is 7.01. The first-order valence-corrected chi connectivity index (χ1v) is 10.7. The van der Waals surface area contributed by atoms with Gasteiger partial charge in [-0.05, 0) is 56.2 Å². The van der Waals surface area contributed by atoms with Crippen LogP contribution < -0.4 is 9.62 Å². The Balaban J connectivity index is 1.71. The number of imidazole rings is 1. The van der Waals surface area contributed by atoms with Gasteiger partial charge in [0.2, 0.25) is 11.9 Å². The fourth-order valence-corrected chi connectivity index (χ4v) is 4.97. The predicted octanol–water partition coefficient (Wildman–Crippen LogP) is 3.15. The third-order valence-corrected chi connectivity index (χ3v) is 6.44. The smallest absolute Gasteiger partial charge is 0.264 e. The fourth-order valence-electron chi connectivity index (χ4n) is 3.91. The normalized spacial score (nSPS) is 16.4. The average Bonchev–Trinajstić information content (AvgIpc) is 3.16. The van der Waals surface area contributed by atoms with Crippen LogP contribution in [0.4, 0.5) is 11.6 Å². The summed E-state index contributed by atoms with van der Waals surface area (Å²) in [7, 11) is -3.81. The van der Waals surface area contributed by atoms with Crippen LogP contribution in [0.3, 0.4) is 0 Å². The summed E-state index contributed by atoms with van der Waals surface area (Å²) < 4.78 is 30.5. The molecule has 28 heavy (non-hydrogen) atoms. The first-order chi connectivity index (χ1) is 13.3. The molecule has 0 radical (unpaired) electrons. The summed E-state index contributed by atoms with van der Waals surface area (Å²) >= 11 is 0. The van der Waals surface area contributed by atoms with Gasteiger partial charge >= 0.3 is 0 Å². The molecular formula is C20H22N4O3S. The van der Waals surface area contributed by atoms with Gasteiger partial charge < -0.3 is 9.47 Å². The number of fused-ring (bicyclic) bond motifs is 2. The van der Waals surface area contributed by atoms with Gasteiger partial charge in [-0.3, -0.25) is 4.79 Å². The van der Waals surface area contributed by atoms with Crippen LogP contribution in [0.1, 0.15) is 26.3 Å². The summed E-state index contributed by atoms with van der Waals surface area (Å²) in [4.78, 5) is 18.2. The molecule has 1 aromatic heterocycles. The van der Waals surface area contributed by atoms with Gasteiger partial charge in [-0.15, -0.1) is 0 Å². The van der Waals surface area contributed by atoms with Crippen LogP contribution in [0.5, 0.6) is 0 Å². The summed E-state index contributed by atoms with van der Waals surface area (Å²) in [6.45, 7) is 6.01. The second kappa shape index (κ2) is 6.63. The minimum absolute atomic E-state index is 0.0164. The van der Waals surface area contributed by atoms with Crippen molar-refractivity contribution in [3.05, 3.63) is 48.0 Å². The highest BCUT2D eigenvalue weighted by atomic mass is 32.2. The highest BCUT2D eigenvalue weighted by Gasteiger charge is 2.30. The Labute approximate surface area is 164 Å². The second-order valence-corrected chi connectivity index (χ2v) is 8.69. The topological polar surface area (TPSA) is 84.3 Å². The number of hydrogen-bond acceptors (Lipinski definition) is 4. The molecule has 1 aliphatic heterocycles. The number of hydrogen-bond donors (Lipinski definition) is 1. The van der Waals surface area contributed by atoms with E-state index < -0.39 is 10.0 Å². The van der Waals surface area contributed by atoms with Crippen LogP contribution >= 0.6 is 0 Å². The Bertz CT molecular complexity index is 1180. The molecule has 0 spiro atoms. The van der Waals surface area contributed by atoms with E-state index in [0.29, 0.717) is 18.9 Å². The molecule has 0 fully saturated rings. The lowest BCUT2D eigenvalue weighted by atomic mass is 10.1. The van der Waals surface area contributed by atoms with Crippen LogP contribution in [0.25, 0.3) is 11.0 Å². The molecule has 1 N–H and O–H groups in total. The van der Waals surface area contributed by atoms with Crippen LogP contribution in [0.2, 0.25) is 0 Å². The molecule has 0 saturated heterocycles. The third kappa shape index (κ3) is 2.93. The minimum Gasteiger partial charge on any atom is -0.310 e. The highest BCUT2D eigenvalue weighted by Crippen LogP contribution is 2.34. The van der Waals surface area contributed by atoms with Crippen molar-refractivity contribution >= 4 is 38.6 Å². The lowest BCUT2D eigenvalue weighted by Gasteiger charge is -2.20. The van der Waals surface area contributed by atoms with E-state index in [1.54, 1.807) is 17.0 Å². The third-order valence-electron chi connectivity index (χ3n) is 5.11. The van der Waals surface area contributed by atoms with Gasteiger partial charge in [-0.25, -0.2) is 18.1 Å². The van der Waals surface area contributed by atoms with Crippen LogP contribution in [0, 0.1) is 0 Å². The molecular weight excluding hydrogens is 376 g/mol. The van der Waals surface area contributed by atoms with Gasteiger partial charge in [-0.2, -0.15) is 0 Å². The highest BCUT2D eigenvalue weighted by molar-refractivity contribution is 7.92. The van der Waals surface area contributed by atoms with E-state index in [0.717, 1.165) is 22.3 Å². The zero-order valence-electron chi connectivity index (χ0n) is 16.0. The molecule has 1 atom stereocenters. The molecule has 4 rings (SSSR count). The lowest BCUT2D eigenvalue weighted by Crippen LogP contribution is -2.33. The molecule has 0 bridgehead atoms.